The van der Waals surface area contributed by atoms with E-state index >= 15 is 0 Å². The fourth-order valence-corrected chi connectivity index (χ4v) is 0.584. The molecule has 0 amide bonds. The van der Waals surface area contributed by atoms with E-state index in [4.69, 9.17) is 5.11 Å². The molecule has 0 fully saturated rings. The van der Waals surface area contributed by atoms with Gasteiger partial charge in [-0.2, -0.15) is 0 Å². The minimum absolute atomic E-state index is 0.418. The number of rotatable bonds is 1. The fourth-order valence-electron chi connectivity index (χ4n) is 0.584. The number of carbonyl (C=O) groups is 1. The highest BCUT2D eigenvalue weighted by molar-refractivity contribution is 5.84. The molecule has 1 rings (SSSR count). The van der Waals surface area contributed by atoms with E-state index < -0.39 is 22.9 Å². The van der Waals surface area contributed by atoms with Crippen molar-refractivity contribution >= 4 is 5.97 Å². The van der Waals surface area contributed by atoms with Crippen LogP contribution >= 0.6 is 0 Å². The molecule has 0 aliphatic rings. The second-order valence-electron chi connectivity index (χ2n) is 1.81. The van der Waals surface area contributed by atoms with Gasteiger partial charge in [-0.05, 0) is 0 Å². The van der Waals surface area contributed by atoms with Gasteiger partial charge in [-0.25, -0.2) is 9.59 Å². The molecule has 0 bridgehead atoms. The van der Waals surface area contributed by atoms with Crippen molar-refractivity contribution in [3.8, 4) is 0 Å². The minimum atomic E-state index is -1.34. The normalized spacial score (nSPS) is 9.45. The summed E-state index contributed by atoms with van der Waals surface area (Å²) in [6.45, 7) is 0. The molecule has 3 N–H and O–H groups in total. The van der Waals surface area contributed by atoms with Crippen LogP contribution < -0.4 is 11.2 Å². The lowest BCUT2D eigenvalue weighted by Crippen LogP contribution is -2.24. The average Bonchev–Trinajstić information content (AvgIpc) is 1.85. The monoisotopic (exact) mass is 158 g/mol. The summed E-state index contributed by atoms with van der Waals surface area (Å²) >= 11 is 0. The number of hydrogen-bond donors (Lipinski definition) is 3. The highest BCUT2D eigenvalue weighted by Gasteiger charge is 2.03. The van der Waals surface area contributed by atoms with Crippen molar-refractivity contribution in [2.24, 2.45) is 0 Å². The third-order valence-electron chi connectivity index (χ3n) is 0.991. The Kier molecular flexibility index (Phi) is 1.59. The van der Waals surface area contributed by atoms with Crippen LogP contribution in [-0.2, 0) is 0 Å². The molecule has 6 heteroatoms. The van der Waals surface area contributed by atoms with Crippen molar-refractivity contribution in [3.05, 3.63) is 32.6 Å². The Morgan fingerprint density at radius 3 is 2.73 bits per heavy atom. The van der Waals surface area contributed by atoms with Crippen molar-refractivity contribution < 1.29 is 9.90 Å². The number of nitrogens with one attached hydrogen (secondary N) is 2. The number of aromatic carboxylic acids is 1. The van der Waals surface area contributed by atoms with Gasteiger partial charge < -0.3 is 10.1 Å². The van der Waals surface area contributed by atoms with Crippen LogP contribution in [0.1, 0.15) is 10.5 Å². The van der Waals surface area contributed by atoms with Crippen molar-refractivity contribution in [2.45, 2.75) is 0 Å². The molecule has 0 saturated carbocycles. The largest absolute Gasteiger partial charge is 0.477 e. The van der Waals surface area contributed by atoms with Gasteiger partial charge >= 0.3 is 11.7 Å². The molecule has 0 unspecified atom stereocenters. The number of hydrogen-bond acceptors (Lipinski definition) is 3. The second-order valence-corrected chi connectivity index (χ2v) is 1.81. The van der Waals surface area contributed by atoms with Crippen molar-refractivity contribution in [1.82, 2.24) is 9.97 Å². The summed E-state index contributed by atoms with van der Waals surface area (Å²) in [5.41, 5.74) is -1.97. The maximum Gasteiger partial charge on any atom is 0.352 e. The van der Waals surface area contributed by atoms with Gasteiger partial charge in [0.05, 0.1) is 0 Å². The smallest absolute Gasteiger partial charge is 0.352 e. The molecule has 0 spiro atoms. The first-order valence-corrected chi connectivity index (χ1v) is 2.66. The van der Waals surface area contributed by atoms with Crippen LogP contribution in [0.4, 0.5) is 0 Å². The summed E-state index contributed by atoms with van der Waals surface area (Å²) in [4.78, 5) is 34.9. The van der Waals surface area contributed by atoms with Crippen LogP contribution in [0.3, 0.4) is 0 Å². The number of carboxylic acid groups (broad SMARTS) is 1. The zero-order chi connectivity index (χ0) is 8.43. The predicted octanol–water partition coefficient (Wildman–Crippen LogP) is -1.24. The topological polar surface area (TPSA) is 103 Å². The number of aromatic amines is 2. The van der Waals surface area contributed by atoms with Gasteiger partial charge in [0, 0.05) is 6.07 Å². The molecule has 0 saturated heterocycles. The van der Waals surface area contributed by atoms with Gasteiger partial charge in [-0.3, -0.25) is 9.78 Å². The molecule has 0 radical (unpaired) electrons. The van der Waals surface area contributed by atoms with Gasteiger partial charge in [0.25, 0.3) is 5.56 Å². The second kappa shape index (κ2) is 2.41. The van der Waals surface area contributed by atoms with Gasteiger partial charge in [0.2, 0.25) is 0 Å². The van der Waals surface area contributed by atoms with Gasteiger partial charge in [-0.15, -0.1) is 0 Å². The molecule has 1 aromatic rings. The number of H-pyrrole nitrogens is 2. The summed E-state index contributed by atoms with van der Waals surface area (Å²) in [6, 6.07) is 0.795. The van der Waals surface area contributed by atoms with Gasteiger partial charge in [0.1, 0.15) is 5.69 Å². The Bertz CT molecular complexity index is 360. The lowest BCUT2D eigenvalue weighted by Gasteiger charge is -1.89. The predicted molar refractivity (Wildman–Crippen MR) is 34.6 cm³/mol. The van der Waals surface area contributed by atoms with Crippen LogP contribution in [-0.4, -0.2) is 21.0 Å². The van der Waals surface area contributed by atoms with E-state index in [0.717, 1.165) is 6.07 Å². The zero-order valence-corrected chi connectivity index (χ0v) is 5.25. The molecular weight excluding hydrogens is 154 g/mol. The van der Waals surface area contributed by atoms with E-state index in [1.807, 2.05) is 9.97 Å². The first-order chi connectivity index (χ1) is 5.09. The van der Waals surface area contributed by atoms with Crippen molar-refractivity contribution in [3.63, 3.8) is 0 Å². The Labute approximate surface area is 59.5 Å². The van der Waals surface area contributed by atoms with Crippen LogP contribution in [0.2, 0.25) is 0 Å². The van der Waals surface area contributed by atoms with Crippen LogP contribution in [0.5, 0.6) is 0 Å². The maximum atomic E-state index is 10.5. The first-order valence-electron chi connectivity index (χ1n) is 2.66. The number of carboxylic acids is 1. The zero-order valence-electron chi connectivity index (χ0n) is 5.25. The molecule has 0 atom stereocenters. The summed E-state index contributed by atoms with van der Waals surface area (Å²) in [5, 5.41) is 8.31. The molecule has 0 aliphatic heterocycles. The molecule has 11 heavy (non-hydrogen) atoms. The quantitative estimate of drug-likeness (QED) is 0.475. The molecular formula is C5H4N2O4. The fraction of sp³-hybridized carbons (Fsp3) is 0. The highest BCUT2D eigenvalue weighted by Crippen LogP contribution is 1.81. The molecule has 58 valence electrons. The molecule has 1 aromatic heterocycles. The third-order valence-corrected chi connectivity index (χ3v) is 0.991. The van der Waals surface area contributed by atoms with Crippen molar-refractivity contribution in [1.29, 1.82) is 0 Å². The standard InChI is InChI=1S/C5H4N2O4/c8-3-1-2(4(9)10)6-5(11)7-3/h1H,(H,9,10)(H2,6,7,8,11)/i3+2. The van der Waals surface area contributed by atoms with E-state index in [9.17, 15) is 14.4 Å². The van der Waals surface area contributed by atoms with E-state index in [-0.39, 0.29) is 0 Å². The maximum absolute atomic E-state index is 10.5. The van der Waals surface area contributed by atoms with Crippen LogP contribution in [0.25, 0.3) is 0 Å². The Morgan fingerprint density at radius 1 is 1.64 bits per heavy atom. The van der Waals surface area contributed by atoms with E-state index in [1.165, 1.54) is 0 Å². The first kappa shape index (κ1) is 7.26. The van der Waals surface area contributed by atoms with Gasteiger partial charge in [0.15, 0.2) is 0 Å². The summed E-state index contributed by atoms with van der Waals surface area (Å²) in [5.74, 6) is -1.34. The van der Waals surface area contributed by atoms with E-state index in [0.29, 0.717) is 0 Å². The van der Waals surface area contributed by atoms with E-state index in [2.05, 4.69) is 0 Å². The lowest BCUT2D eigenvalue weighted by molar-refractivity contribution is 0.0689. The van der Waals surface area contributed by atoms with Crippen molar-refractivity contribution in [2.75, 3.05) is 0 Å². The Hall–Kier alpha value is -1.85. The SMILES string of the molecule is O=C(O)c1c[14c](=O)[nH]c(=O)[nH]1. The number of aromatic nitrogens is 2. The third kappa shape index (κ3) is 1.54. The van der Waals surface area contributed by atoms with Gasteiger partial charge in [-0.1, -0.05) is 0 Å². The highest BCUT2D eigenvalue weighted by atomic mass is 16.4. The summed E-state index contributed by atoms with van der Waals surface area (Å²) in [7, 11) is 0. The van der Waals surface area contributed by atoms with E-state index in [1.54, 1.807) is 0 Å². The lowest BCUT2D eigenvalue weighted by atomic mass is 10.5. The van der Waals surface area contributed by atoms with Crippen LogP contribution in [0, 0.1) is 0 Å². The average molecular weight is 158 g/mol. The molecule has 0 aliphatic carbocycles. The Morgan fingerprint density at radius 2 is 2.27 bits per heavy atom. The molecule has 1 heterocycles. The summed E-state index contributed by atoms with van der Waals surface area (Å²) < 4.78 is 0. The minimum Gasteiger partial charge on any atom is -0.477 e. The molecule has 0 aromatic carbocycles. The molecule has 6 nitrogen and oxygen atoms in total. The Balaban J connectivity index is 3.42. The van der Waals surface area contributed by atoms with Crippen LogP contribution in [0.15, 0.2) is 15.7 Å². The summed E-state index contributed by atoms with van der Waals surface area (Å²) in [6.07, 6.45) is 0.